The Bertz CT molecular complexity index is 976. The van der Waals surface area contributed by atoms with Gasteiger partial charge in [-0.05, 0) is 50.3 Å². The molecule has 1 aliphatic rings. The molecule has 1 aliphatic carbocycles. The van der Waals surface area contributed by atoms with Crippen molar-refractivity contribution in [3.8, 4) is 0 Å². The highest BCUT2D eigenvalue weighted by molar-refractivity contribution is 14.1. The molecule has 0 bridgehead atoms. The summed E-state index contributed by atoms with van der Waals surface area (Å²) in [6.07, 6.45) is 8.09. The fourth-order valence-electron chi connectivity index (χ4n) is 4.63. The molecule has 1 aromatic carbocycles. The van der Waals surface area contributed by atoms with Crippen LogP contribution < -0.4 is 10.3 Å². The van der Waals surface area contributed by atoms with E-state index >= 15 is 0 Å². The second-order valence-electron chi connectivity index (χ2n) is 8.74. The highest BCUT2D eigenvalue weighted by Crippen LogP contribution is 2.30. The quantitative estimate of drug-likeness (QED) is 0.359. The molecule has 0 unspecified atom stereocenters. The van der Waals surface area contributed by atoms with E-state index in [1.807, 2.05) is 10.7 Å². The molecule has 5 nitrogen and oxygen atoms in total. The normalized spacial score (nSPS) is 19.2. The molecule has 0 spiro atoms. The molecule has 156 valence electrons. The standard InChI is InChI=1S/C22H29B2IN4O/c1-16-12-21(29-22(27-16)20(23)14-26-29)28(15-18-8-10-19(30-25)11-9-18)24(2)13-17-6-4-3-5-7-17/h3-7,12,14,18-19H,8-11,13,15,23H2,1-2H3. The number of nitrogens with zero attached hydrogens (tertiary/aromatic N) is 4. The molecule has 2 heterocycles. The Kier molecular flexibility index (Phi) is 7.03. The maximum Gasteiger partial charge on any atom is 0.257 e. The van der Waals surface area contributed by atoms with E-state index in [0.717, 1.165) is 48.3 Å². The van der Waals surface area contributed by atoms with E-state index in [-0.39, 0.29) is 0 Å². The van der Waals surface area contributed by atoms with Crippen molar-refractivity contribution in [1.29, 1.82) is 0 Å². The van der Waals surface area contributed by atoms with Crippen molar-refractivity contribution in [2.75, 3.05) is 11.4 Å². The second kappa shape index (κ2) is 9.73. The third-order valence-corrected chi connectivity index (χ3v) is 7.05. The van der Waals surface area contributed by atoms with Crippen LogP contribution in [0.15, 0.2) is 42.6 Å². The summed E-state index contributed by atoms with van der Waals surface area (Å²) in [6.45, 7) is 5.82. The summed E-state index contributed by atoms with van der Waals surface area (Å²) in [5, 5.41) is 4.68. The Labute approximate surface area is 194 Å². The van der Waals surface area contributed by atoms with Gasteiger partial charge in [0, 0.05) is 24.5 Å². The van der Waals surface area contributed by atoms with Crippen LogP contribution in [0.2, 0.25) is 6.82 Å². The van der Waals surface area contributed by atoms with Crippen LogP contribution in [0.1, 0.15) is 36.9 Å². The lowest BCUT2D eigenvalue weighted by Crippen LogP contribution is -2.44. The van der Waals surface area contributed by atoms with Crippen LogP contribution in [-0.4, -0.2) is 41.9 Å². The summed E-state index contributed by atoms with van der Waals surface area (Å²) in [7, 11) is 2.08. The van der Waals surface area contributed by atoms with E-state index in [0.29, 0.717) is 18.9 Å². The average molecular weight is 514 g/mol. The summed E-state index contributed by atoms with van der Waals surface area (Å²) in [4.78, 5) is 7.31. The molecule has 1 saturated carbocycles. The van der Waals surface area contributed by atoms with Crippen molar-refractivity contribution >= 4 is 54.6 Å². The molecular formula is C22H29B2IN4O. The van der Waals surface area contributed by atoms with Crippen LogP contribution in [0.3, 0.4) is 0 Å². The topological polar surface area (TPSA) is 42.7 Å². The number of halogens is 1. The fourth-order valence-corrected chi connectivity index (χ4v) is 5.13. The van der Waals surface area contributed by atoms with Gasteiger partial charge in [0.05, 0.1) is 6.10 Å². The van der Waals surface area contributed by atoms with Gasteiger partial charge in [0.2, 0.25) is 0 Å². The maximum atomic E-state index is 5.57. The minimum atomic E-state index is 0.362. The van der Waals surface area contributed by atoms with Crippen LogP contribution in [0.25, 0.3) is 5.65 Å². The summed E-state index contributed by atoms with van der Waals surface area (Å²) in [5.74, 6) is 1.83. The molecule has 0 amide bonds. The number of aromatic nitrogens is 3. The third kappa shape index (κ3) is 4.85. The molecular weight excluding hydrogens is 485 g/mol. The van der Waals surface area contributed by atoms with Gasteiger partial charge in [-0.2, -0.15) is 5.10 Å². The molecule has 8 heteroatoms. The van der Waals surface area contributed by atoms with Crippen LogP contribution in [0.4, 0.5) is 5.82 Å². The SMILES string of the molecule is Bc1cnn2c(N(CC3CCC(OI)CC3)B(C)Cc3ccccc3)cc(C)nc12. The van der Waals surface area contributed by atoms with E-state index in [9.17, 15) is 0 Å². The summed E-state index contributed by atoms with van der Waals surface area (Å²) < 4.78 is 7.60. The largest absolute Gasteiger partial charge is 0.400 e. The monoisotopic (exact) mass is 514 g/mol. The summed E-state index contributed by atoms with van der Waals surface area (Å²) in [6, 6.07) is 13.0. The first-order valence-corrected chi connectivity index (χ1v) is 11.8. The van der Waals surface area contributed by atoms with Crippen LogP contribution in [-0.2, 0) is 9.39 Å². The van der Waals surface area contributed by atoms with Gasteiger partial charge in [0.15, 0.2) is 5.65 Å². The second-order valence-corrected chi connectivity index (χ2v) is 9.25. The van der Waals surface area contributed by atoms with Crippen molar-refractivity contribution in [2.45, 2.75) is 51.9 Å². The predicted molar refractivity (Wildman–Crippen MR) is 136 cm³/mol. The predicted octanol–water partition coefficient (Wildman–Crippen LogP) is 3.43. The first-order valence-electron chi connectivity index (χ1n) is 10.9. The molecule has 0 atom stereocenters. The molecule has 3 aromatic rings. The smallest absolute Gasteiger partial charge is 0.257 e. The minimum Gasteiger partial charge on any atom is -0.400 e. The number of fused-ring (bicyclic) bond motifs is 1. The van der Waals surface area contributed by atoms with Crippen molar-refractivity contribution in [2.24, 2.45) is 5.92 Å². The lowest BCUT2D eigenvalue weighted by Gasteiger charge is -2.36. The molecule has 0 N–H and O–H groups in total. The van der Waals surface area contributed by atoms with Gasteiger partial charge in [-0.3, -0.25) is 0 Å². The lowest BCUT2D eigenvalue weighted by atomic mass is 9.57. The van der Waals surface area contributed by atoms with E-state index in [2.05, 4.69) is 90.9 Å². The van der Waals surface area contributed by atoms with Gasteiger partial charge < -0.3 is 7.88 Å². The first kappa shape index (κ1) is 21.7. The number of aryl methyl sites for hydroxylation is 1. The van der Waals surface area contributed by atoms with Gasteiger partial charge in [-0.1, -0.05) is 42.7 Å². The Balaban J connectivity index is 1.65. The van der Waals surface area contributed by atoms with E-state index in [1.165, 1.54) is 18.4 Å². The number of anilines is 1. The zero-order chi connectivity index (χ0) is 21.1. The highest BCUT2D eigenvalue weighted by Gasteiger charge is 2.28. The zero-order valence-corrected chi connectivity index (χ0v) is 20.2. The Morgan fingerprint density at radius 1 is 1.23 bits per heavy atom. The number of rotatable bonds is 7. The van der Waals surface area contributed by atoms with Crippen LogP contribution in [0.5, 0.6) is 0 Å². The molecule has 4 rings (SSSR count). The van der Waals surface area contributed by atoms with E-state index in [4.69, 9.17) is 8.05 Å². The minimum absolute atomic E-state index is 0.362. The lowest BCUT2D eigenvalue weighted by molar-refractivity contribution is 0.182. The number of hydrogen-bond donors (Lipinski definition) is 0. The Morgan fingerprint density at radius 2 is 1.97 bits per heavy atom. The fraction of sp³-hybridized carbons (Fsp3) is 0.455. The van der Waals surface area contributed by atoms with Gasteiger partial charge in [0.25, 0.3) is 6.85 Å². The van der Waals surface area contributed by atoms with E-state index in [1.54, 1.807) is 0 Å². The molecule has 1 fully saturated rings. The number of benzene rings is 1. The molecule has 0 aliphatic heterocycles. The van der Waals surface area contributed by atoms with Gasteiger partial charge in [-0.15, -0.1) is 0 Å². The van der Waals surface area contributed by atoms with Gasteiger partial charge in [0.1, 0.15) is 36.7 Å². The summed E-state index contributed by atoms with van der Waals surface area (Å²) in [5.41, 5.74) is 4.50. The molecule has 0 saturated heterocycles. The van der Waals surface area contributed by atoms with Crippen LogP contribution >= 0.6 is 23.0 Å². The van der Waals surface area contributed by atoms with Crippen molar-refractivity contribution in [3.05, 3.63) is 53.9 Å². The third-order valence-electron chi connectivity index (χ3n) is 6.33. The Hall–Kier alpha value is -1.54. The molecule has 30 heavy (non-hydrogen) atoms. The first-order chi connectivity index (χ1) is 14.5. The summed E-state index contributed by atoms with van der Waals surface area (Å²) >= 11 is 2.06. The zero-order valence-electron chi connectivity index (χ0n) is 18.1. The van der Waals surface area contributed by atoms with E-state index < -0.39 is 0 Å². The average Bonchev–Trinajstić information content (AvgIpc) is 3.13. The highest BCUT2D eigenvalue weighted by atomic mass is 127. The van der Waals surface area contributed by atoms with Crippen molar-refractivity contribution in [1.82, 2.24) is 14.6 Å². The molecule has 0 radical (unpaired) electrons. The number of hydrogen-bond acceptors (Lipinski definition) is 4. The maximum absolute atomic E-state index is 5.57. The Morgan fingerprint density at radius 3 is 2.67 bits per heavy atom. The van der Waals surface area contributed by atoms with Crippen molar-refractivity contribution < 1.29 is 3.07 Å². The molecule has 2 aromatic heterocycles. The van der Waals surface area contributed by atoms with Gasteiger partial charge >= 0.3 is 0 Å². The van der Waals surface area contributed by atoms with Gasteiger partial charge in [-0.25, -0.2) is 9.50 Å². The van der Waals surface area contributed by atoms with Crippen LogP contribution in [0, 0.1) is 12.8 Å². The van der Waals surface area contributed by atoms with Crippen molar-refractivity contribution in [3.63, 3.8) is 0 Å².